The van der Waals surface area contributed by atoms with Gasteiger partial charge in [0.1, 0.15) is 0 Å². The molecule has 6 nitrogen and oxygen atoms in total. The molecular formula is C20H25BrN2O4. The van der Waals surface area contributed by atoms with Crippen molar-refractivity contribution in [2.75, 3.05) is 25.1 Å². The Bertz CT molecular complexity index is 781. The molecule has 2 N–H and O–H groups in total. The van der Waals surface area contributed by atoms with Crippen LogP contribution in [0.2, 0.25) is 0 Å². The normalized spacial score (nSPS) is 26.1. The maximum atomic E-state index is 12.7. The highest BCUT2D eigenvalue weighted by molar-refractivity contribution is 9.10. The number of aliphatic hydroxyl groups excluding tert-OH is 1. The Morgan fingerprint density at radius 1 is 1.48 bits per heavy atom. The molecule has 3 atom stereocenters. The minimum Gasteiger partial charge on any atom is -0.394 e. The standard InChI is InChI=1S/C20H25BrN2O4/c1-13(5-3-7-18(25)23-10-4-6-15(23)12-24)20(27)16-11-14(21)8-9-17(16)22(2)19(20)26/h3,5,8-9,11,13,15,24,27H,4,6-7,10,12H2,1-2H3/b5-3+/t13-,15-,20+/m0/s1. The Morgan fingerprint density at radius 3 is 2.93 bits per heavy atom. The smallest absolute Gasteiger partial charge is 0.264 e. The number of likely N-dealkylation sites (N-methyl/N-ethyl adjacent to an activating group) is 1. The molecule has 1 fully saturated rings. The van der Waals surface area contributed by atoms with E-state index in [2.05, 4.69) is 15.9 Å². The fourth-order valence-corrected chi connectivity index (χ4v) is 4.37. The van der Waals surface area contributed by atoms with Crippen molar-refractivity contribution in [3.05, 3.63) is 40.4 Å². The first-order chi connectivity index (χ1) is 12.8. The first-order valence-electron chi connectivity index (χ1n) is 9.18. The van der Waals surface area contributed by atoms with Gasteiger partial charge in [-0.15, -0.1) is 0 Å². The molecule has 0 spiro atoms. The second-order valence-electron chi connectivity index (χ2n) is 7.28. The van der Waals surface area contributed by atoms with Crippen molar-refractivity contribution in [3.8, 4) is 0 Å². The van der Waals surface area contributed by atoms with Crippen molar-refractivity contribution in [2.45, 2.75) is 37.8 Å². The van der Waals surface area contributed by atoms with Gasteiger partial charge in [0.05, 0.1) is 18.3 Å². The molecule has 0 saturated carbocycles. The second kappa shape index (κ2) is 7.73. The molecule has 2 aliphatic rings. The monoisotopic (exact) mass is 436 g/mol. The van der Waals surface area contributed by atoms with Crippen molar-refractivity contribution in [1.82, 2.24) is 4.90 Å². The van der Waals surface area contributed by atoms with Crippen molar-refractivity contribution >= 4 is 33.4 Å². The first-order valence-corrected chi connectivity index (χ1v) is 9.97. The highest BCUT2D eigenvalue weighted by atomic mass is 79.9. The van der Waals surface area contributed by atoms with Gasteiger partial charge in [-0.05, 0) is 31.0 Å². The van der Waals surface area contributed by atoms with Crippen LogP contribution in [0.4, 0.5) is 5.69 Å². The van der Waals surface area contributed by atoms with Crippen LogP contribution in [0.1, 0.15) is 31.7 Å². The Kier molecular flexibility index (Phi) is 5.74. The van der Waals surface area contributed by atoms with Crippen molar-refractivity contribution in [3.63, 3.8) is 0 Å². The third kappa shape index (κ3) is 3.44. The van der Waals surface area contributed by atoms with E-state index in [4.69, 9.17) is 0 Å². The zero-order chi connectivity index (χ0) is 19.8. The van der Waals surface area contributed by atoms with E-state index in [-0.39, 0.29) is 30.9 Å². The third-order valence-electron chi connectivity index (χ3n) is 5.65. The number of hydrogen-bond acceptors (Lipinski definition) is 4. The number of rotatable bonds is 5. The topological polar surface area (TPSA) is 81.1 Å². The van der Waals surface area contributed by atoms with Crippen molar-refractivity contribution < 1.29 is 19.8 Å². The molecule has 2 heterocycles. The van der Waals surface area contributed by atoms with Gasteiger partial charge in [0.2, 0.25) is 5.91 Å². The molecule has 1 aromatic carbocycles. The predicted octanol–water partition coefficient (Wildman–Crippen LogP) is 2.18. The lowest BCUT2D eigenvalue weighted by Gasteiger charge is -2.27. The average Bonchev–Trinajstić information content (AvgIpc) is 3.20. The Balaban J connectivity index is 1.75. The van der Waals surface area contributed by atoms with Gasteiger partial charge in [-0.2, -0.15) is 0 Å². The number of hydrogen-bond donors (Lipinski definition) is 2. The van der Waals surface area contributed by atoms with Crippen LogP contribution in [0.3, 0.4) is 0 Å². The van der Waals surface area contributed by atoms with E-state index in [1.165, 1.54) is 4.90 Å². The number of anilines is 1. The van der Waals surface area contributed by atoms with Crippen LogP contribution in [-0.2, 0) is 15.2 Å². The zero-order valence-corrected chi connectivity index (χ0v) is 17.1. The van der Waals surface area contributed by atoms with Crippen LogP contribution in [-0.4, -0.2) is 53.2 Å². The lowest BCUT2D eigenvalue weighted by atomic mass is 9.83. The van der Waals surface area contributed by atoms with Gasteiger partial charge in [0.25, 0.3) is 5.91 Å². The van der Waals surface area contributed by atoms with Crippen LogP contribution in [0.25, 0.3) is 0 Å². The number of aliphatic hydroxyl groups is 2. The van der Waals surface area contributed by atoms with Crippen LogP contribution < -0.4 is 4.90 Å². The van der Waals surface area contributed by atoms with E-state index in [0.717, 1.165) is 17.3 Å². The van der Waals surface area contributed by atoms with E-state index < -0.39 is 11.5 Å². The summed E-state index contributed by atoms with van der Waals surface area (Å²) < 4.78 is 0.790. The minimum atomic E-state index is -1.66. The molecule has 0 aliphatic carbocycles. The first kappa shape index (κ1) is 20.0. The Hall–Kier alpha value is -1.70. The average molecular weight is 437 g/mol. The largest absolute Gasteiger partial charge is 0.394 e. The number of amides is 2. The summed E-state index contributed by atoms with van der Waals surface area (Å²) >= 11 is 3.40. The third-order valence-corrected chi connectivity index (χ3v) is 6.14. The second-order valence-corrected chi connectivity index (χ2v) is 8.19. The number of carbonyl (C=O) groups is 2. The van der Waals surface area contributed by atoms with E-state index in [9.17, 15) is 19.8 Å². The van der Waals surface area contributed by atoms with Gasteiger partial charge < -0.3 is 20.0 Å². The molecule has 0 bridgehead atoms. The maximum Gasteiger partial charge on any atom is 0.264 e. The summed E-state index contributed by atoms with van der Waals surface area (Å²) in [5.41, 5.74) is -0.410. The summed E-state index contributed by atoms with van der Waals surface area (Å²) in [6.45, 7) is 2.43. The van der Waals surface area contributed by atoms with Gasteiger partial charge in [0.15, 0.2) is 5.60 Å². The van der Waals surface area contributed by atoms with Crippen molar-refractivity contribution in [2.24, 2.45) is 5.92 Å². The van der Waals surface area contributed by atoms with E-state index in [1.807, 2.05) is 6.07 Å². The highest BCUT2D eigenvalue weighted by Crippen LogP contribution is 2.45. The lowest BCUT2D eigenvalue weighted by Crippen LogP contribution is -2.43. The van der Waals surface area contributed by atoms with E-state index in [1.54, 1.807) is 43.2 Å². The molecule has 7 heteroatoms. The quantitative estimate of drug-likeness (QED) is 0.693. The summed E-state index contributed by atoms with van der Waals surface area (Å²) in [6, 6.07) is 5.31. The molecule has 146 valence electrons. The highest BCUT2D eigenvalue weighted by Gasteiger charge is 2.51. The summed E-state index contributed by atoms with van der Waals surface area (Å²) in [4.78, 5) is 28.3. The van der Waals surface area contributed by atoms with E-state index in [0.29, 0.717) is 17.8 Å². The summed E-state index contributed by atoms with van der Waals surface area (Å²) in [5, 5.41) is 20.6. The van der Waals surface area contributed by atoms with Crippen LogP contribution >= 0.6 is 15.9 Å². The zero-order valence-electron chi connectivity index (χ0n) is 15.6. The molecule has 27 heavy (non-hydrogen) atoms. The fourth-order valence-electron chi connectivity index (χ4n) is 4.01. The number of halogens is 1. The van der Waals surface area contributed by atoms with Gasteiger partial charge in [-0.25, -0.2) is 0 Å². The number of likely N-dealkylation sites (tertiary alicyclic amines) is 1. The lowest BCUT2D eigenvalue weighted by molar-refractivity contribution is -0.139. The molecule has 2 aliphatic heterocycles. The van der Waals surface area contributed by atoms with Gasteiger partial charge in [-0.1, -0.05) is 35.0 Å². The van der Waals surface area contributed by atoms with Gasteiger partial charge in [0, 0.05) is 36.0 Å². The van der Waals surface area contributed by atoms with Crippen LogP contribution in [0.15, 0.2) is 34.8 Å². The number of carbonyl (C=O) groups excluding carboxylic acids is 2. The number of benzene rings is 1. The van der Waals surface area contributed by atoms with Crippen LogP contribution in [0.5, 0.6) is 0 Å². The number of nitrogens with zero attached hydrogens (tertiary/aromatic N) is 2. The van der Waals surface area contributed by atoms with Gasteiger partial charge >= 0.3 is 0 Å². The molecule has 2 amide bonds. The van der Waals surface area contributed by atoms with Gasteiger partial charge in [-0.3, -0.25) is 9.59 Å². The number of fused-ring (bicyclic) bond motifs is 1. The maximum absolute atomic E-state index is 12.7. The summed E-state index contributed by atoms with van der Waals surface area (Å²) in [6.07, 6.45) is 5.36. The predicted molar refractivity (Wildman–Crippen MR) is 106 cm³/mol. The van der Waals surface area contributed by atoms with E-state index >= 15 is 0 Å². The molecule has 0 unspecified atom stereocenters. The summed E-state index contributed by atoms with van der Waals surface area (Å²) in [7, 11) is 1.65. The molecule has 1 saturated heterocycles. The Morgan fingerprint density at radius 2 is 2.22 bits per heavy atom. The molecule has 1 aromatic rings. The van der Waals surface area contributed by atoms with Crippen molar-refractivity contribution in [1.29, 1.82) is 0 Å². The molecule has 3 rings (SSSR count). The molecule has 0 radical (unpaired) electrons. The molecule has 0 aromatic heterocycles. The fraction of sp³-hybridized carbons (Fsp3) is 0.500. The molecular weight excluding hydrogens is 412 g/mol. The minimum absolute atomic E-state index is 0.0158. The SMILES string of the molecule is C[C@@H](/C=C/CC(=O)N1CCC[C@H]1CO)[C@]1(O)C(=O)N(C)c2ccc(Br)cc21. The summed E-state index contributed by atoms with van der Waals surface area (Å²) in [5.74, 6) is -0.915. The van der Waals surface area contributed by atoms with Crippen LogP contribution in [0, 0.1) is 5.92 Å². The Labute approximate surface area is 167 Å².